The molecule has 4 heteroatoms. The van der Waals surface area contributed by atoms with Crippen molar-refractivity contribution in [2.45, 2.75) is 13.0 Å². The van der Waals surface area contributed by atoms with Crippen LogP contribution in [0, 0.1) is 5.82 Å². The van der Waals surface area contributed by atoms with Crippen molar-refractivity contribution in [1.82, 2.24) is 5.32 Å². The van der Waals surface area contributed by atoms with E-state index in [0.717, 1.165) is 38.5 Å². The van der Waals surface area contributed by atoms with Crippen LogP contribution in [0.3, 0.4) is 0 Å². The first-order valence-electron chi connectivity index (χ1n) is 6.11. The minimum Gasteiger partial charge on any atom is -0.378 e. The lowest BCUT2D eigenvalue weighted by Gasteiger charge is -2.31. The van der Waals surface area contributed by atoms with Gasteiger partial charge in [0.25, 0.3) is 0 Å². The molecule has 1 aliphatic rings. The molecule has 1 unspecified atom stereocenters. The normalized spacial score (nSPS) is 20.2. The van der Waals surface area contributed by atoms with Gasteiger partial charge < -0.3 is 15.0 Å². The van der Waals surface area contributed by atoms with Crippen LogP contribution in [-0.4, -0.2) is 38.9 Å². The molecule has 17 heavy (non-hydrogen) atoms. The third-order valence-electron chi connectivity index (χ3n) is 3.01. The number of ether oxygens (including phenoxy) is 1. The summed E-state index contributed by atoms with van der Waals surface area (Å²) in [7, 11) is 0. The topological polar surface area (TPSA) is 24.5 Å². The molecule has 0 bridgehead atoms. The SMILES string of the molecule is CCN(CC1COCCN1)c1ccc(F)cc1. The van der Waals surface area contributed by atoms with Gasteiger partial charge in [-0.05, 0) is 31.2 Å². The van der Waals surface area contributed by atoms with Crippen LogP contribution in [0.25, 0.3) is 0 Å². The summed E-state index contributed by atoms with van der Waals surface area (Å²) in [5.41, 5.74) is 1.06. The molecule has 1 N–H and O–H groups in total. The van der Waals surface area contributed by atoms with E-state index in [0.29, 0.717) is 6.04 Å². The highest BCUT2D eigenvalue weighted by atomic mass is 19.1. The van der Waals surface area contributed by atoms with Crippen molar-refractivity contribution >= 4 is 5.69 Å². The lowest BCUT2D eigenvalue weighted by molar-refractivity contribution is 0.0788. The van der Waals surface area contributed by atoms with E-state index >= 15 is 0 Å². The van der Waals surface area contributed by atoms with Crippen molar-refractivity contribution in [3.8, 4) is 0 Å². The maximum Gasteiger partial charge on any atom is 0.123 e. The van der Waals surface area contributed by atoms with Gasteiger partial charge in [0.1, 0.15) is 5.82 Å². The Kier molecular flexibility index (Phi) is 4.34. The number of hydrogen-bond acceptors (Lipinski definition) is 3. The molecule has 0 amide bonds. The molecule has 1 heterocycles. The van der Waals surface area contributed by atoms with Crippen molar-refractivity contribution in [1.29, 1.82) is 0 Å². The van der Waals surface area contributed by atoms with Crippen LogP contribution in [0.2, 0.25) is 0 Å². The number of likely N-dealkylation sites (N-methyl/N-ethyl adjacent to an activating group) is 1. The lowest BCUT2D eigenvalue weighted by Crippen LogP contribution is -2.48. The third-order valence-corrected chi connectivity index (χ3v) is 3.01. The third kappa shape index (κ3) is 3.41. The smallest absolute Gasteiger partial charge is 0.123 e. The summed E-state index contributed by atoms with van der Waals surface area (Å²) < 4.78 is 18.3. The first-order chi connectivity index (χ1) is 8.29. The number of halogens is 1. The zero-order valence-corrected chi connectivity index (χ0v) is 10.2. The number of nitrogens with one attached hydrogen (secondary N) is 1. The molecular weight excluding hydrogens is 219 g/mol. The molecule has 94 valence electrons. The molecule has 3 nitrogen and oxygen atoms in total. The minimum atomic E-state index is -0.191. The Morgan fingerprint density at radius 1 is 1.41 bits per heavy atom. The predicted octanol–water partition coefficient (Wildman–Crippen LogP) is 1.64. The second-order valence-corrected chi connectivity index (χ2v) is 4.24. The van der Waals surface area contributed by atoms with Crippen molar-refractivity contribution < 1.29 is 9.13 Å². The Morgan fingerprint density at radius 2 is 2.18 bits per heavy atom. The first kappa shape index (κ1) is 12.3. The summed E-state index contributed by atoms with van der Waals surface area (Å²) in [5.74, 6) is -0.191. The lowest BCUT2D eigenvalue weighted by atomic mass is 10.2. The first-order valence-corrected chi connectivity index (χ1v) is 6.11. The monoisotopic (exact) mass is 238 g/mol. The van der Waals surface area contributed by atoms with Crippen LogP contribution in [0.4, 0.5) is 10.1 Å². The number of anilines is 1. The second kappa shape index (κ2) is 5.98. The van der Waals surface area contributed by atoms with Gasteiger partial charge in [-0.3, -0.25) is 0 Å². The van der Waals surface area contributed by atoms with Crippen LogP contribution < -0.4 is 10.2 Å². The maximum absolute atomic E-state index is 12.9. The molecular formula is C13H19FN2O. The number of morpholine rings is 1. The Balaban J connectivity index is 1.97. The van der Waals surface area contributed by atoms with Gasteiger partial charge >= 0.3 is 0 Å². The summed E-state index contributed by atoms with van der Waals surface area (Å²) >= 11 is 0. The minimum absolute atomic E-state index is 0.191. The molecule has 0 aromatic heterocycles. The average Bonchev–Trinajstić information content (AvgIpc) is 2.38. The van der Waals surface area contributed by atoms with E-state index in [9.17, 15) is 4.39 Å². The van der Waals surface area contributed by atoms with E-state index in [1.54, 1.807) is 0 Å². The van der Waals surface area contributed by atoms with Gasteiger partial charge in [0.2, 0.25) is 0 Å². The number of hydrogen-bond donors (Lipinski definition) is 1. The van der Waals surface area contributed by atoms with Crippen molar-refractivity contribution in [2.24, 2.45) is 0 Å². The van der Waals surface area contributed by atoms with Crippen LogP contribution in [-0.2, 0) is 4.74 Å². The van der Waals surface area contributed by atoms with E-state index in [1.807, 2.05) is 12.1 Å². The van der Waals surface area contributed by atoms with E-state index < -0.39 is 0 Å². The van der Waals surface area contributed by atoms with Gasteiger partial charge in [0, 0.05) is 31.4 Å². The zero-order valence-electron chi connectivity index (χ0n) is 10.2. The van der Waals surface area contributed by atoms with Crippen LogP contribution in [0.1, 0.15) is 6.92 Å². The summed E-state index contributed by atoms with van der Waals surface area (Å²) in [5, 5.41) is 3.42. The van der Waals surface area contributed by atoms with Crippen LogP contribution in [0.15, 0.2) is 24.3 Å². The molecule has 1 atom stereocenters. The van der Waals surface area contributed by atoms with E-state index in [4.69, 9.17) is 4.74 Å². The van der Waals surface area contributed by atoms with Gasteiger partial charge in [-0.25, -0.2) is 4.39 Å². The van der Waals surface area contributed by atoms with Crippen LogP contribution >= 0.6 is 0 Å². The summed E-state index contributed by atoms with van der Waals surface area (Å²) in [6, 6.07) is 7.00. The molecule has 1 aliphatic heterocycles. The highest BCUT2D eigenvalue weighted by Gasteiger charge is 2.16. The fraction of sp³-hybridized carbons (Fsp3) is 0.538. The van der Waals surface area contributed by atoms with Crippen LogP contribution in [0.5, 0.6) is 0 Å². The number of rotatable bonds is 4. The molecule has 0 spiro atoms. The standard InChI is InChI=1S/C13H19FN2O/c1-2-16(9-12-10-17-8-7-15-12)13-5-3-11(14)4-6-13/h3-6,12,15H,2,7-10H2,1H3. The van der Waals surface area contributed by atoms with Crippen molar-refractivity contribution in [3.05, 3.63) is 30.1 Å². The van der Waals surface area contributed by atoms with E-state index in [2.05, 4.69) is 17.1 Å². The Labute approximate surface area is 102 Å². The van der Waals surface area contributed by atoms with Gasteiger partial charge in [0.05, 0.1) is 13.2 Å². The van der Waals surface area contributed by atoms with E-state index in [1.165, 1.54) is 12.1 Å². The zero-order chi connectivity index (χ0) is 12.1. The Bertz CT molecular complexity index is 336. The largest absolute Gasteiger partial charge is 0.378 e. The van der Waals surface area contributed by atoms with Crippen molar-refractivity contribution in [3.63, 3.8) is 0 Å². The highest BCUT2D eigenvalue weighted by molar-refractivity contribution is 5.46. The molecule has 0 radical (unpaired) electrons. The molecule has 0 saturated carbocycles. The fourth-order valence-corrected chi connectivity index (χ4v) is 2.07. The van der Waals surface area contributed by atoms with Gasteiger partial charge in [-0.2, -0.15) is 0 Å². The number of nitrogens with zero attached hydrogens (tertiary/aromatic N) is 1. The summed E-state index contributed by atoms with van der Waals surface area (Å²) in [4.78, 5) is 2.23. The molecule has 1 saturated heterocycles. The Morgan fingerprint density at radius 3 is 2.76 bits per heavy atom. The second-order valence-electron chi connectivity index (χ2n) is 4.24. The molecule has 1 aromatic carbocycles. The predicted molar refractivity (Wildman–Crippen MR) is 66.9 cm³/mol. The molecule has 1 aromatic rings. The Hall–Kier alpha value is -1.13. The highest BCUT2D eigenvalue weighted by Crippen LogP contribution is 2.15. The maximum atomic E-state index is 12.9. The van der Waals surface area contributed by atoms with E-state index in [-0.39, 0.29) is 5.82 Å². The van der Waals surface area contributed by atoms with Gasteiger partial charge in [-0.15, -0.1) is 0 Å². The summed E-state index contributed by atoms with van der Waals surface area (Å²) in [6.45, 7) is 6.35. The fourth-order valence-electron chi connectivity index (χ4n) is 2.07. The molecule has 2 rings (SSSR count). The van der Waals surface area contributed by atoms with Gasteiger partial charge in [-0.1, -0.05) is 0 Å². The molecule has 0 aliphatic carbocycles. The van der Waals surface area contributed by atoms with Gasteiger partial charge in [0.15, 0.2) is 0 Å². The summed E-state index contributed by atoms with van der Waals surface area (Å²) in [6.07, 6.45) is 0. The van der Waals surface area contributed by atoms with Crippen molar-refractivity contribution in [2.75, 3.05) is 37.7 Å². The quantitative estimate of drug-likeness (QED) is 0.863. The number of benzene rings is 1. The average molecular weight is 238 g/mol. The molecule has 1 fully saturated rings.